The molecule has 2 heterocycles. The molecule has 4 unspecified atom stereocenters. The van der Waals surface area contributed by atoms with Crippen molar-refractivity contribution in [2.75, 3.05) is 13.2 Å². The number of nitrogens with two attached hydrogens (primary N) is 1. The maximum atomic E-state index is 9.44. The van der Waals surface area contributed by atoms with Gasteiger partial charge in [0, 0.05) is 5.92 Å². The SMILES string of the molecule is CC1(C)[SH+]C2[OH+]CC(OC(=[OH+])CN)C2[C@@H]2CC21. The summed E-state index contributed by atoms with van der Waals surface area (Å²) in [6, 6.07) is 0. The van der Waals surface area contributed by atoms with Crippen LogP contribution in [-0.4, -0.2) is 44.9 Å². The van der Waals surface area contributed by atoms with E-state index in [0.29, 0.717) is 22.7 Å². The fourth-order valence-electron chi connectivity index (χ4n) is 3.50. The quantitative estimate of drug-likeness (QED) is 0.415. The first-order valence-corrected chi connectivity index (χ1v) is 7.29. The van der Waals surface area contributed by atoms with E-state index in [0.717, 1.165) is 11.8 Å². The minimum absolute atomic E-state index is 0.0375. The standard InChI is InChI=1S/C12H19NO3S/c1-12(2)7-3-6(7)10-8(16-9(14)4-13)5-15-11(10)17-12/h6-8,10-11H,3-5,13H2,1-2H3/p+3/t6-,7?,8?,10?,11?/m1/s1. The highest BCUT2D eigenvalue weighted by molar-refractivity contribution is 7.80. The van der Waals surface area contributed by atoms with Crippen molar-refractivity contribution in [2.45, 2.75) is 36.6 Å². The van der Waals surface area contributed by atoms with Crippen LogP contribution in [0.15, 0.2) is 0 Å². The van der Waals surface area contributed by atoms with Crippen molar-refractivity contribution in [1.82, 2.24) is 0 Å². The molecule has 96 valence electrons. The molecule has 1 saturated carbocycles. The molecule has 0 bridgehead atoms. The van der Waals surface area contributed by atoms with Gasteiger partial charge in [0.25, 0.3) is 6.10 Å². The van der Waals surface area contributed by atoms with Crippen molar-refractivity contribution in [3.8, 4) is 0 Å². The topological polar surface area (TPSA) is 69.5 Å². The summed E-state index contributed by atoms with van der Waals surface area (Å²) in [6.45, 7) is 5.50. The second-order valence-corrected chi connectivity index (χ2v) is 7.84. The van der Waals surface area contributed by atoms with E-state index in [1.54, 1.807) is 0 Å². The Bertz CT molecular complexity index is 347. The molecular formula is C12H22NO3S+3. The van der Waals surface area contributed by atoms with Gasteiger partial charge in [-0.05, 0) is 26.2 Å². The van der Waals surface area contributed by atoms with Crippen molar-refractivity contribution in [3.05, 3.63) is 0 Å². The highest BCUT2D eigenvalue weighted by Crippen LogP contribution is 2.60. The molecule has 5 heteroatoms. The summed E-state index contributed by atoms with van der Waals surface area (Å²) >= 11 is 1.44. The summed E-state index contributed by atoms with van der Waals surface area (Å²) in [7, 11) is 0. The second-order valence-electron chi connectivity index (χ2n) is 5.90. The molecule has 1 aliphatic carbocycles. The van der Waals surface area contributed by atoms with Crippen LogP contribution in [0.2, 0.25) is 0 Å². The highest BCUT2D eigenvalue weighted by Gasteiger charge is 2.72. The second kappa shape index (κ2) is 3.87. The Kier molecular flexibility index (Phi) is 2.69. The molecule has 5 atom stereocenters. The lowest BCUT2D eigenvalue weighted by atomic mass is 9.93. The van der Waals surface area contributed by atoms with Gasteiger partial charge in [-0.25, -0.2) is 0 Å². The lowest BCUT2D eigenvalue weighted by Gasteiger charge is -2.25. The zero-order valence-electron chi connectivity index (χ0n) is 10.3. The van der Waals surface area contributed by atoms with Gasteiger partial charge in [0.15, 0.2) is 5.92 Å². The first-order chi connectivity index (χ1) is 8.03. The summed E-state index contributed by atoms with van der Waals surface area (Å²) in [4.78, 5) is 9.44. The lowest BCUT2D eigenvalue weighted by Crippen LogP contribution is -2.44. The number of esters is 1. The maximum Gasteiger partial charge on any atom is 0.497 e. The molecule has 3 rings (SSSR count). The highest BCUT2D eigenvalue weighted by atomic mass is 32.2. The molecule has 4 N–H and O–H groups in total. The van der Waals surface area contributed by atoms with Crippen molar-refractivity contribution >= 4 is 17.7 Å². The van der Waals surface area contributed by atoms with Gasteiger partial charge < -0.3 is 20.0 Å². The Morgan fingerprint density at radius 1 is 1.59 bits per heavy atom. The van der Waals surface area contributed by atoms with Crippen molar-refractivity contribution in [2.24, 2.45) is 23.5 Å². The largest absolute Gasteiger partial charge is 0.497 e. The Balaban J connectivity index is 1.71. The Morgan fingerprint density at radius 2 is 2.35 bits per heavy atom. The van der Waals surface area contributed by atoms with E-state index in [9.17, 15) is 4.79 Å². The van der Waals surface area contributed by atoms with Gasteiger partial charge in [-0.2, -0.15) is 0 Å². The van der Waals surface area contributed by atoms with Gasteiger partial charge in [-0.3, -0.25) is 0 Å². The van der Waals surface area contributed by atoms with Crippen LogP contribution in [0.25, 0.3) is 0 Å². The van der Waals surface area contributed by atoms with Gasteiger partial charge in [-0.1, -0.05) is 0 Å². The number of ether oxygens (including phenoxy) is 2. The Morgan fingerprint density at radius 3 is 3.06 bits per heavy atom. The summed E-state index contributed by atoms with van der Waals surface area (Å²) in [5, 5.41) is 0. The fraction of sp³-hybridized carbons (Fsp3) is 0.917. The van der Waals surface area contributed by atoms with E-state index in [1.807, 2.05) is 0 Å². The van der Waals surface area contributed by atoms with Crippen LogP contribution in [0.4, 0.5) is 0 Å². The van der Waals surface area contributed by atoms with Crippen LogP contribution in [0.5, 0.6) is 0 Å². The number of aliphatic hydroxyl groups is 2. The average Bonchev–Trinajstić information content (AvgIpc) is 2.98. The Labute approximate surface area is 106 Å². The van der Waals surface area contributed by atoms with Crippen LogP contribution >= 0.6 is 0 Å². The van der Waals surface area contributed by atoms with Crippen LogP contribution in [0, 0.1) is 17.8 Å². The normalized spacial score (nSPS) is 45.9. The smallest absolute Gasteiger partial charge is 0.387 e. The molecule has 2 saturated heterocycles. The first-order valence-electron chi connectivity index (χ1n) is 6.33. The van der Waals surface area contributed by atoms with Crippen LogP contribution in [-0.2, 0) is 16.5 Å². The molecule has 0 spiro atoms. The van der Waals surface area contributed by atoms with Gasteiger partial charge in [0.05, 0.1) is 11.8 Å². The van der Waals surface area contributed by atoms with Crippen LogP contribution < -0.4 is 5.73 Å². The predicted octanol–water partition coefficient (Wildman–Crippen LogP) is -0.440. The van der Waals surface area contributed by atoms with Gasteiger partial charge >= 0.3 is 11.4 Å². The molecule has 0 amide bonds. The van der Waals surface area contributed by atoms with E-state index in [4.69, 9.17) is 15.2 Å². The third-order valence-corrected chi connectivity index (χ3v) is 6.18. The zero-order valence-corrected chi connectivity index (χ0v) is 11.2. The molecule has 0 radical (unpaired) electrons. The van der Waals surface area contributed by atoms with E-state index in [2.05, 4.69) is 13.8 Å². The molecule has 0 aromatic carbocycles. The monoisotopic (exact) mass is 260 g/mol. The van der Waals surface area contributed by atoms with E-state index in [1.165, 1.54) is 18.2 Å². The number of fused-ring (bicyclic) bond motifs is 3. The molecule has 0 aromatic rings. The van der Waals surface area contributed by atoms with E-state index >= 15 is 0 Å². The number of thiol groups is 1. The molecule has 0 aromatic heterocycles. The third kappa shape index (κ3) is 1.88. The van der Waals surface area contributed by atoms with E-state index in [-0.39, 0.29) is 18.6 Å². The zero-order chi connectivity index (χ0) is 12.2. The van der Waals surface area contributed by atoms with Gasteiger partial charge in [0.1, 0.15) is 11.3 Å². The molecule has 17 heavy (non-hydrogen) atoms. The number of rotatable bonds is 2. The summed E-state index contributed by atoms with van der Waals surface area (Å²) < 4.78 is 10.6. The van der Waals surface area contributed by atoms with E-state index < -0.39 is 0 Å². The predicted molar refractivity (Wildman–Crippen MR) is 69.7 cm³/mol. The molecule has 4 nitrogen and oxygen atoms in total. The van der Waals surface area contributed by atoms with Crippen molar-refractivity contribution in [1.29, 1.82) is 0 Å². The first kappa shape index (κ1) is 11.8. The van der Waals surface area contributed by atoms with Crippen LogP contribution in [0.3, 0.4) is 0 Å². The molecule has 3 aliphatic rings. The number of carbonyl (C=O) groups excluding carboxylic acids is 1. The van der Waals surface area contributed by atoms with Gasteiger partial charge in [0.2, 0.25) is 6.61 Å². The molecule has 3 fully saturated rings. The summed E-state index contributed by atoms with van der Waals surface area (Å²) in [5.41, 5.74) is 5.77. The molecule has 2 aliphatic heterocycles. The van der Waals surface area contributed by atoms with Crippen LogP contribution in [0.1, 0.15) is 20.3 Å². The minimum Gasteiger partial charge on any atom is -0.387 e. The summed E-state index contributed by atoms with van der Waals surface area (Å²) in [6.07, 6.45) is 1.36. The van der Waals surface area contributed by atoms with Crippen molar-refractivity contribution in [3.63, 3.8) is 0 Å². The number of hydrogen-bond acceptors (Lipinski definition) is 2. The van der Waals surface area contributed by atoms with Crippen molar-refractivity contribution < 1.29 is 14.3 Å². The minimum atomic E-state index is -0.0375. The lowest BCUT2D eigenvalue weighted by molar-refractivity contribution is -0.0336. The average molecular weight is 260 g/mol. The fourth-order valence-corrected chi connectivity index (χ4v) is 5.43. The summed E-state index contributed by atoms with van der Waals surface area (Å²) in [5.74, 6) is 2.04. The van der Waals surface area contributed by atoms with Gasteiger partial charge in [-0.15, -0.1) is 0 Å². The third-order valence-electron chi connectivity index (χ3n) is 4.41. The number of hydrogen-bond donors (Lipinski definition) is 1. The molecular weight excluding hydrogens is 238 g/mol. The maximum absolute atomic E-state index is 9.44. The Hall–Kier alpha value is -0.260.